The van der Waals surface area contributed by atoms with Crippen molar-refractivity contribution in [1.29, 1.82) is 15.8 Å². The van der Waals surface area contributed by atoms with Gasteiger partial charge in [0.15, 0.2) is 0 Å². The summed E-state index contributed by atoms with van der Waals surface area (Å²) >= 11 is 0. The molecule has 0 radical (unpaired) electrons. The Bertz CT molecular complexity index is 1200. The van der Waals surface area contributed by atoms with Gasteiger partial charge in [-0.25, -0.2) is 0 Å². The maximum atomic E-state index is 11.4. The van der Waals surface area contributed by atoms with Crippen LogP contribution in [0.1, 0.15) is 27.0 Å². The van der Waals surface area contributed by atoms with E-state index < -0.39 is 5.91 Å². The summed E-state index contributed by atoms with van der Waals surface area (Å²) in [6, 6.07) is 21.3. The monoisotopic (exact) mass is 380 g/mol. The number of benzene rings is 3. The second-order valence-electron chi connectivity index (χ2n) is 5.87. The van der Waals surface area contributed by atoms with Crippen LogP contribution in [0, 0.1) is 34.0 Å². The Hall–Kier alpha value is -4.80. The van der Waals surface area contributed by atoms with Gasteiger partial charge in [-0.3, -0.25) is 4.79 Å². The molecule has 0 fully saturated rings. The Morgan fingerprint density at radius 2 is 1.17 bits per heavy atom. The van der Waals surface area contributed by atoms with Crippen molar-refractivity contribution in [2.24, 2.45) is 5.73 Å². The lowest BCUT2D eigenvalue weighted by molar-refractivity contribution is 0.1000. The van der Waals surface area contributed by atoms with Crippen LogP contribution in [0.5, 0.6) is 23.0 Å². The minimum Gasteiger partial charge on any atom is -0.457 e. The predicted molar refractivity (Wildman–Crippen MR) is 102 cm³/mol. The first-order valence-electron chi connectivity index (χ1n) is 8.27. The van der Waals surface area contributed by atoms with Gasteiger partial charge in [-0.05, 0) is 48.5 Å². The highest BCUT2D eigenvalue weighted by Crippen LogP contribution is 2.30. The molecule has 3 rings (SSSR count). The largest absolute Gasteiger partial charge is 0.457 e. The van der Waals surface area contributed by atoms with Crippen molar-refractivity contribution in [1.82, 2.24) is 0 Å². The molecule has 0 saturated heterocycles. The van der Waals surface area contributed by atoms with Gasteiger partial charge in [0.2, 0.25) is 5.91 Å². The van der Waals surface area contributed by atoms with E-state index in [9.17, 15) is 4.79 Å². The van der Waals surface area contributed by atoms with Gasteiger partial charge in [0.25, 0.3) is 0 Å². The van der Waals surface area contributed by atoms with Crippen LogP contribution in [-0.2, 0) is 0 Å². The molecule has 0 unspecified atom stereocenters. The highest BCUT2D eigenvalue weighted by Gasteiger charge is 2.09. The van der Waals surface area contributed by atoms with E-state index in [-0.39, 0.29) is 16.9 Å². The number of rotatable bonds is 5. The van der Waals surface area contributed by atoms with Crippen LogP contribution in [0.2, 0.25) is 0 Å². The predicted octanol–water partition coefficient (Wildman–Crippen LogP) is 3.99. The summed E-state index contributed by atoms with van der Waals surface area (Å²) in [7, 11) is 0. The summed E-state index contributed by atoms with van der Waals surface area (Å²) in [6.45, 7) is 0. The van der Waals surface area contributed by atoms with Gasteiger partial charge >= 0.3 is 0 Å². The first-order valence-corrected chi connectivity index (χ1v) is 8.27. The van der Waals surface area contributed by atoms with Crippen LogP contribution in [0.4, 0.5) is 0 Å². The fourth-order valence-corrected chi connectivity index (χ4v) is 2.53. The number of primary amides is 1. The molecule has 0 aliphatic heterocycles. The lowest BCUT2D eigenvalue weighted by Gasteiger charge is -2.10. The number of hydrogen-bond acceptors (Lipinski definition) is 6. The van der Waals surface area contributed by atoms with Crippen LogP contribution < -0.4 is 15.2 Å². The molecule has 7 heteroatoms. The van der Waals surface area contributed by atoms with Gasteiger partial charge in [-0.15, -0.1) is 0 Å². The number of nitrogens with zero attached hydrogens (tertiary/aromatic N) is 3. The number of hydrogen-bond donors (Lipinski definition) is 1. The van der Waals surface area contributed by atoms with Crippen molar-refractivity contribution in [3.8, 4) is 41.2 Å². The van der Waals surface area contributed by atoms with Crippen molar-refractivity contribution in [3.05, 3.63) is 82.9 Å². The van der Waals surface area contributed by atoms with Crippen molar-refractivity contribution in [2.75, 3.05) is 0 Å². The van der Waals surface area contributed by atoms with Gasteiger partial charge in [0.05, 0.1) is 34.9 Å². The molecule has 138 valence electrons. The smallest absolute Gasteiger partial charge is 0.248 e. The molecule has 0 spiro atoms. The molecule has 0 saturated carbocycles. The second-order valence-corrected chi connectivity index (χ2v) is 5.87. The normalized spacial score (nSPS) is 9.55. The van der Waals surface area contributed by atoms with E-state index in [1.165, 1.54) is 36.4 Å². The zero-order chi connectivity index (χ0) is 20.8. The number of carbonyl (C=O) groups is 1. The standard InChI is InChI=1S/C22H12N4O3/c23-11-14-4-15(12-24)7-20(6-14)28-18-2-1-3-19(10-18)29-21-8-16(13-25)5-17(9-21)22(26)27/h1-10H,(H2,26,27). The van der Waals surface area contributed by atoms with E-state index >= 15 is 0 Å². The summed E-state index contributed by atoms with van der Waals surface area (Å²) in [5.41, 5.74) is 6.29. The molecular formula is C22H12N4O3. The average molecular weight is 380 g/mol. The summed E-state index contributed by atoms with van der Waals surface area (Å²) in [5, 5.41) is 27.2. The summed E-state index contributed by atoms with van der Waals surface area (Å²) in [4.78, 5) is 11.4. The van der Waals surface area contributed by atoms with E-state index in [4.69, 9.17) is 31.0 Å². The molecule has 29 heavy (non-hydrogen) atoms. The third-order valence-corrected chi connectivity index (χ3v) is 3.76. The molecule has 2 N–H and O–H groups in total. The fourth-order valence-electron chi connectivity index (χ4n) is 2.53. The molecule has 3 aromatic carbocycles. The summed E-state index contributed by atoms with van der Waals surface area (Å²) < 4.78 is 11.5. The minimum atomic E-state index is -0.672. The fraction of sp³-hybridized carbons (Fsp3) is 0. The second kappa shape index (κ2) is 8.26. The van der Waals surface area contributed by atoms with Gasteiger partial charge in [0.1, 0.15) is 23.0 Å². The lowest BCUT2D eigenvalue weighted by Crippen LogP contribution is -2.11. The maximum Gasteiger partial charge on any atom is 0.248 e. The van der Waals surface area contributed by atoms with E-state index in [1.807, 2.05) is 18.2 Å². The first-order chi connectivity index (χ1) is 14.0. The lowest BCUT2D eigenvalue weighted by atomic mass is 10.1. The molecular weight excluding hydrogens is 368 g/mol. The van der Waals surface area contributed by atoms with Gasteiger partial charge < -0.3 is 15.2 Å². The molecule has 0 atom stereocenters. The zero-order valence-corrected chi connectivity index (χ0v) is 14.9. The zero-order valence-electron chi connectivity index (χ0n) is 14.9. The molecule has 0 bridgehead atoms. The number of carbonyl (C=O) groups excluding carboxylic acids is 1. The van der Waals surface area contributed by atoms with Crippen LogP contribution >= 0.6 is 0 Å². The third kappa shape index (κ3) is 4.68. The van der Waals surface area contributed by atoms with Crippen molar-refractivity contribution in [2.45, 2.75) is 0 Å². The Kier molecular flexibility index (Phi) is 5.41. The van der Waals surface area contributed by atoms with E-state index in [0.717, 1.165) is 0 Å². The summed E-state index contributed by atoms with van der Waals surface area (Å²) in [6.07, 6.45) is 0. The molecule has 0 aliphatic carbocycles. The Balaban J connectivity index is 1.87. The first kappa shape index (κ1) is 19.0. The molecule has 7 nitrogen and oxygen atoms in total. The van der Waals surface area contributed by atoms with Crippen molar-refractivity contribution >= 4 is 5.91 Å². The average Bonchev–Trinajstić information content (AvgIpc) is 2.73. The Morgan fingerprint density at radius 3 is 1.66 bits per heavy atom. The topological polar surface area (TPSA) is 133 Å². The Morgan fingerprint density at radius 1 is 0.690 bits per heavy atom. The van der Waals surface area contributed by atoms with Crippen molar-refractivity contribution < 1.29 is 14.3 Å². The van der Waals surface area contributed by atoms with E-state index in [0.29, 0.717) is 28.4 Å². The van der Waals surface area contributed by atoms with Gasteiger partial charge in [-0.1, -0.05) is 6.07 Å². The van der Waals surface area contributed by atoms with E-state index in [2.05, 4.69) is 0 Å². The van der Waals surface area contributed by atoms with E-state index in [1.54, 1.807) is 24.3 Å². The number of amides is 1. The molecule has 0 aliphatic rings. The van der Waals surface area contributed by atoms with Crippen molar-refractivity contribution in [3.63, 3.8) is 0 Å². The quantitative estimate of drug-likeness (QED) is 0.711. The van der Waals surface area contributed by atoms with Gasteiger partial charge in [0, 0.05) is 11.6 Å². The number of ether oxygens (including phenoxy) is 2. The highest BCUT2D eigenvalue weighted by molar-refractivity contribution is 5.93. The third-order valence-electron chi connectivity index (χ3n) is 3.76. The van der Waals surface area contributed by atoms with Crippen LogP contribution in [0.3, 0.4) is 0 Å². The Labute approximate surface area is 166 Å². The number of nitrogens with two attached hydrogens (primary N) is 1. The minimum absolute atomic E-state index is 0.156. The van der Waals surface area contributed by atoms with Crippen LogP contribution in [0.25, 0.3) is 0 Å². The molecule has 0 aromatic heterocycles. The molecule has 3 aromatic rings. The summed E-state index contributed by atoms with van der Waals surface area (Å²) in [5.74, 6) is 0.737. The maximum absolute atomic E-state index is 11.4. The van der Waals surface area contributed by atoms with Crippen LogP contribution in [-0.4, -0.2) is 5.91 Å². The van der Waals surface area contributed by atoms with Crippen LogP contribution in [0.15, 0.2) is 60.7 Å². The highest BCUT2D eigenvalue weighted by atomic mass is 16.5. The molecule has 1 amide bonds. The molecule has 0 heterocycles. The van der Waals surface area contributed by atoms with Gasteiger partial charge in [-0.2, -0.15) is 15.8 Å². The SMILES string of the molecule is N#Cc1cc(C#N)cc(Oc2cccc(Oc3cc(C#N)cc(C(N)=O)c3)c2)c1. The number of nitriles is 3.